The number of halogens is 4. The van der Waals surface area contributed by atoms with Gasteiger partial charge in [0.1, 0.15) is 11.4 Å². The maximum Gasteiger partial charge on any atom is 0.573 e. The van der Waals surface area contributed by atoms with E-state index in [0.29, 0.717) is 21.8 Å². The highest BCUT2D eigenvalue weighted by Gasteiger charge is 2.31. The zero-order chi connectivity index (χ0) is 19.6. The molecule has 3 N–H and O–H groups in total. The number of ether oxygens (including phenoxy) is 1. The van der Waals surface area contributed by atoms with Gasteiger partial charge in [0, 0.05) is 22.5 Å². The lowest BCUT2D eigenvalue weighted by molar-refractivity contribution is -0.274. The molecule has 3 aromatic rings. The molecule has 0 spiro atoms. The number of H-pyrrole nitrogens is 1. The molecule has 2 aromatic carbocycles. The van der Waals surface area contributed by atoms with Crippen LogP contribution < -0.4 is 10.1 Å². The minimum absolute atomic E-state index is 0.117. The van der Waals surface area contributed by atoms with Crippen LogP contribution in [-0.4, -0.2) is 28.9 Å². The van der Waals surface area contributed by atoms with Crippen LogP contribution in [0.15, 0.2) is 48.5 Å². The first-order valence-electron chi connectivity index (χ1n) is 7.81. The van der Waals surface area contributed by atoms with Crippen molar-refractivity contribution in [1.82, 2.24) is 10.3 Å². The fourth-order valence-electron chi connectivity index (χ4n) is 2.52. The number of hydrogen-bond acceptors (Lipinski definition) is 3. The number of nitrogens with one attached hydrogen (secondary N) is 2. The number of aromatic nitrogens is 1. The van der Waals surface area contributed by atoms with Gasteiger partial charge in [-0.2, -0.15) is 0 Å². The maximum absolute atomic E-state index is 12.2. The number of fused-ring (bicyclic) bond motifs is 1. The molecule has 0 aliphatic heterocycles. The van der Waals surface area contributed by atoms with Gasteiger partial charge in [0.2, 0.25) is 0 Å². The molecule has 5 nitrogen and oxygen atoms in total. The quantitative estimate of drug-likeness (QED) is 0.603. The molecule has 0 radical (unpaired) electrons. The molecule has 0 bridgehead atoms. The van der Waals surface area contributed by atoms with Crippen LogP contribution in [0.5, 0.6) is 5.75 Å². The van der Waals surface area contributed by atoms with E-state index in [1.807, 2.05) is 0 Å². The van der Waals surface area contributed by atoms with Crippen molar-refractivity contribution in [3.8, 4) is 5.75 Å². The van der Waals surface area contributed by atoms with E-state index >= 15 is 0 Å². The van der Waals surface area contributed by atoms with E-state index in [0.717, 1.165) is 17.5 Å². The second-order valence-electron chi connectivity index (χ2n) is 5.76. The van der Waals surface area contributed by atoms with Crippen molar-refractivity contribution in [2.45, 2.75) is 12.5 Å². The second-order valence-corrected chi connectivity index (χ2v) is 6.19. The fourth-order valence-corrected chi connectivity index (χ4v) is 2.69. The summed E-state index contributed by atoms with van der Waals surface area (Å²) >= 11 is 5.90. The van der Waals surface area contributed by atoms with Crippen LogP contribution in [-0.2, 0) is 0 Å². The van der Waals surface area contributed by atoms with Crippen LogP contribution in [0, 0.1) is 0 Å². The molecule has 142 valence electrons. The lowest BCUT2D eigenvalue weighted by Crippen LogP contribution is -2.28. The van der Waals surface area contributed by atoms with Crippen molar-refractivity contribution in [2.75, 3.05) is 6.54 Å². The number of aliphatic hydroxyl groups is 1. The summed E-state index contributed by atoms with van der Waals surface area (Å²) in [5.74, 6) is -0.822. The van der Waals surface area contributed by atoms with Crippen LogP contribution in [0.25, 0.3) is 10.9 Å². The minimum Gasteiger partial charge on any atom is -0.406 e. The van der Waals surface area contributed by atoms with Gasteiger partial charge in [-0.25, -0.2) is 0 Å². The summed E-state index contributed by atoms with van der Waals surface area (Å²) < 4.78 is 40.2. The predicted molar refractivity (Wildman–Crippen MR) is 93.7 cm³/mol. The number of hydrogen-bond donors (Lipinski definition) is 3. The topological polar surface area (TPSA) is 74.3 Å². The first-order chi connectivity index (χ1) is 12.7. The number of benzene rings is 2. The van der Waals surface area contributed by atoms with E-state index in [1.54, 1.807) is 24.3 Å². The second kappa shape index (κ2) is 7.50. The van der Waals surface area contributed by atoms with Gasteiger partial charge in [-0.05, 0) is 35.9 Å². The molecule has 0 aliphatic rings. The van der Waals surface area contributed by atoms with E-state index < -0.39 is 18.4 Å². The number of alkyl halides is 3. The van der Waals surface area contributed by atoms with Crippen molar-refractivity contribution in [2.24, 2.45) is 0 Å². The number of rotatable bonds is 5. The van der Waals surface area contributed by atoms with Crippen molar-refractivity contribution in [3.63, 3.8) is 0 Å². The molecule has 27 heavy (non-hydrogen) atoms. The Morgan fingerprint density at radius 1 is 1.19 bits per heavy atom. The van der Waals surface area contributed by atoms with E-state index in [-0.39, 0.29) is 12.3 Å². The molecule has 1 atom stereocenters. The van der Waals surface area contributed by atoms with E-state index in [9.17, 15) is 23.1 Å². The van der Waals surface area contributed by atoms with Gasteiger partial charge in [-0.1, -0.05) is 29.8 Å². The molecular weight excluding hydrogens is 385 g/mol. The van der Waals surface area contributed by atoms with E-state index in [4.69, 9.17) is 11.6 Å². The van der Waals surface area contributed by atoms with Crippen molar-refractivity contribution < 1.29 is 27.8 Å². The van der Waals surface area contributed by atoms with Gasteiger partial charge in [0.05, 0.1) is 6.10 Å². The zero-order valence-corrected chi connectivity index (χ0v) is 14.4. The Morgan fingerprint density at radius 2 is 1.89 bits per heavy atom. The maximum atomic E-state index is 12.2. The molecule has 0 saturated carbocycles. The molecular formula is C18H14ClF3N2O3. The fraction of sp³-hybridized carbons (Fsp3) is 0.167. The Kier molecular flexibility index (Phi) is 5.29. The summed E-state index contributed by atoms with van der Waals surface area (Å²) in [6.07, 6.45) is -5.87. The van der Waals surface area contributed by atoms with Crippen molar-refractivity contribution in [3.05, 3.63) is 64.8 Å². The largest absolute Gasteiger partial charge is 0.573 e. The molecule has 1 amide bonds. The number of carbonyl (C=O) groups is 1. The summed E-state index contributed by atoms with van der Waals surface area (Å²) in [5.41, 5.74) is 1.34. The van der Waals surface area contributed by atoms with E-state index in [2.05, 4.69) is 15.0 Å². The average molecular weight is 399 g/mol. The highest BCUT2D eigenvalue weighted by Crippen LogP contribution is 2.24. The van der Waals surface area contributed by atoms with Gasteiger partial charge in [0.15, 0.2) is 0 Å². The van der Waals surface area contributed by atoms with Gasteiger partial charge in [0.25, 0.3) is 5.91 Å². The van der Waals surface area contributed by atoms with Crippen molar-refractivity contribution >= 4 is 28.4 Å². The summed E-state index contributed by atoms with van der Waals surface area (Å²) in [6.45, 7) is -0.117. The molecule has 0 fully saturated rings. The van der Waals surface area contributed by atoms with Crippen molar-refractivity contribution in [1.29, 1.82) is 0 Å². The van der Waals surface area contributed by atoms with Crippen LogP contribution in [0.2, 0.25) is 5.02 Å². The number of aliphatic hydroxyl groups excluding tert-OH is 1. The molecule has 3 rings (SSSR count). The minimum atomic E-state index is -4.78. The summed E-state index contributed by atoms with van der Waals surface area (Å²) in [5, 5.41) is 14.0. The van der Waals surface area contributed by atoms with Gasteiger partial charge < -0.3 is 20.1 Å². The van der Waals surface area contributed by atoms with Gasteiger partial charge in [-0.15, -0.1) is 13.2 Å². The van der Waals surface area contributed by atoms with E-state index in [1.165, 1.54) is 12.1 Å². The normalized spacial score (nSPS) is 12.8. The predicted octanol–water partition coefficient (Wildman–Crippen LogP) is 4.18. The molecule has 0 aliphatic carbocycles. The Morgan fingerprint density at radius 3 is 2.56 bits per heavy atom. The summed E-state index contributed by atoms with van der Waals surface area (Å²) in [6, 6.07) is 11.6. The molecule has 1 unspecified atom stereocenters. The number of carbonyl (C=O) groups excluding carboxylic acids is 1. The SMILES string of the molecule is O=C(NCC(O)c1ccc(OC(F)(F)F)cc1)c1cc2ccc(Cl)cc2[nH]1. The third-order valence-corrected chi connectivity index (χ3v) is 4.02. The Balaban J connectivity index is 1.60. The molecule has 1 heterocycles. The highest BCUT2D eigenvalue weighted by molar-refractivity contribution is 6.31. The third kappa shape index (κ3) is 4.93. The van der Waals surface area contributed by atoms with Gasteiger partial charge in [-0.3, -0.25) is 4.79 Å². The molecule has 1 aromatic heterocycles. The lowest BCUT2D eigenvalue weighted by Gasteiger charge is -2.13. The highest BCUT2D eigenvalue weighted by atomic mass is 35.5. The van der Waals surface area contributed by atoms with Crippen LogP contribution in [0.3, 0.4) is 0 Å². The summed E-state index contributed by atoms with van der Waals surface area (Å²) in [4.78, 5) is 15.1. The van der Waals surface area contributed by atoms with Crippen LogP contribution in [0.4, 0.5) is 13.2 Å². The smallest absolute Gasteiger partial charge is 0.406 e. The lowest BCUT2D eigenvalue weighted by atomic mass is 10.1. The Hall–Kier alpha value is -2.71. The standard InChI is InChI=1S/C18H14ClF3N2O3/c19-12-4-1-11-7-15(24-14(11)8-12)17(26)23-9-16(25)10-2-5-13(6-3-10)27-18(20,21)22/h1-8,16,24-25H,9H2,(H,23,26). The Bertz CT molecular complexity index is 955. The average Bonchev–Trinajstić information content (AvgIpc) is 3.01. The first-order valence-corrected chi connectivity index (χ1v) is 8.19. The summed E-state index contributed by atoms with van der Waals surface area (Å²) in [7, 11) is 0. The molecule has 9 heteroatoms. The monoisotopic (exact) mass is 398 g/mol. The molecule has 0 saturated heterocycles. The van der Waals surface area contributed by atoms with Crippen LogP contribution >= 0.6 is 11.6 Å². The number of aromatic amines is 1. The number of amides is 1. The first kappa shape index (κ1) is 19.1. The Labute approximate surface area is 156 Å². The zero-order valence-electron chi connectivity index (χ0n) is 13.7. The van der Waals surface area contributed by atoms with Crippen LogP contribution in [0.1, 0.15) is 22.2 Å². The third-order valence-electron chi connectivity index (χ3n) is 3.78. The van der Waals surface area contributed by atoms with Gasteiger partial charge >= 0.3 is 6.36 Å².